The third kappa shape index (κ3) is 5.19. The Labute approximate surface area is 217 Å². The van der Waals surface area contributed by atoms with Crippen LogP contribution in [-0.2, 0) is 9.59 Å². The maximum absolute atomic E-state index is 13.7. The fourth-order valence-corrected chi connectivity index (χ4v) is 5.25. The Bertz CT molecular complexity index is 1440. The number of benzene rings is 2. The van der Waals surface area contributed by atoms with Crippen molar-refractivity contribution in [1.82, 2.24) is 10.3 Å². The summed E-state index contributed by atoms with van der Waals surface area (Å²) in [6.45, 7) is 7.98. The van der Waals surface area contributed by atoms with E-state index in [9.17, 15) is 9.59 Å². The third-order valence-corrected chi connectivity index (χ3v) is 6.78. The molecule has 6 heteroatoms. The van der Waals surface area contributed by atoms with Gasteiger partial charge in [-0.1, -0.05) is 50.2 Å². The van der Waals surface area contributed by atoms with Gasteiger partial charge in [0.2, 0.25) is 0 Å². The first-order chi connectivity index (χ1) is 17.7. The number of nitrogens with zero attached hydrogens (tertiary/aromatic N) is 1. The van der Waals surface area contributed by atoms with Gasteiger partial charge in [0.05, 0.1) is 0 Å². The molecule has 0 saturated carbocycles. The molecule has 5 rings (SSSR count). The molecule has 188 valence electrons. The molecule has 0 saturated heterocycles. The average Bonchev–Trinajstić information content (AvgIpc) is 2.83. The Hall–Kier alpha value is -4.19. The highest BCUT2D eigenvalue weighted by atomic mass is 16.5. The van der Waals surface area contributed by atoms with Crippen LogP contribution in [0.15, 0.2) is 95.3 Å². The van der Waals surface area contributed by atoms with Gasteiger partial charge in [-0.05, 0) is 67.6 Å². The zero-order chi connectivity index (χ0) is 26.2. The molecule has 0 bridgehead atoms. The summed E-state index contributed by atoms with van der Waals surface area (Å²) < 4.78 is 6.09. The number of carbonyl (C=O) groups is 2. The summed E-state index contributed by atoms with van der Waals surface area (Å²) in [4.78, 5) is 31.8. The van der Waals surface area contributed by atoms with E-state index in [1.54, 1.807) is 6.07 Å². The van der Waals surface area contributed by atoms with E-state index in [1.165, 1.54) is 0 Å². The fourth-order valence-electron chi connectivity index (χ4n) is 5.25. The summed E-state index contributed by atoms with van der Waals surface area (Å²) in [5.74, 6) is 1.09. The third-order valence-electron chi connectivity index (χ3n) is 6.78. The monoisotopic (exact) mass is 493 g/mol. The first-order valence-electron chi connectivity index (χ1n) is 12.5. The molecule has 37 heavy (non-hydrogen) atoms. The van der Waals surface area contributed by atoms with Crippen LogP contribution in [0.25, 0.3) is 0 Å². The maximum atomic E-state index is 13.7. The van der Waals surface area contributed by atoms with Crippen LogP contribution in [0.2, 0.25) is 0 Å². The van der Waals surface area contributed by atoms with E-state index in [4.69, 9.17) is 4.74 Å². The van der Waals surface area contributed by atoms with Gasteiger partial charge in [0, 0.05) is 40.6 Å². The topological polar surface area (TPSA) is 80.3 Å². The van der Waals surface area contributed by atoms with Crippen LogP contribution in [-0.4, -0.2) is 16.7 Å². The molecule has 2 aromatic carbocycles. The number of ketones is 1. The lowest BCUT2D eigenvalue weighted by molar-refractivity contribution is -0.118. The van der Waals surface area contributed by atoms with Crippen LogP contribution in [0, 0.1) is 12.3 Å². The number of para-hydroxylation sites is 1. The molecule has 1 amide bonds. The van der Waals surface area contributed by atoms with Gasteiger partial charge in [-0.2, -0.15) is 0 Å². The molecule has 3 aromatic rings. The SMILES string of the molecule is CC1=C(C(=O)Nc2cccc(C)n2)C(c2cccc(Oc3ccccc3)c2)C2=C(CC(C)(C)CC2=O)N1. The number of anilines is 1. The number of ether oxygens (including phenoxy) is 1. The van der Waals surface area contributed by atoms with Crippen LogP contribution in [0.4, 0.5) is 5.82 Å². The van der Waals surface area contributed by atoms with Gasteiger partial charge >= 0.3 is 0 Å². The summed E-state index contributed by atoms with van der Waals surface area (Å²) in [7, 11) is 0. The van der Waals surface area contributed by atoms with Crippen molar-refractivity contribution in [3.8, 4) is 11.5 Å². The Morgan fingerprint density at radius 3 is 2.46 bits per heavy atom. The van der Waals surface area contributed by atoms with E-state index in [2.05, 4.69) is 29.5 Å². The first-order valence-corrected chi connectivity index (χ1v) is 12.5. The van der Waals surface area contributed by atoms with E-state index in [1.807, 2.05) is 80.6 Å². The number of hydrogen-bond donors (Lipinski definition) is 2. The van der Waals surface area contributed by atoms with Crippen molar-refractivity contribution in [2.24, 2.45) is 5.41 Å². The molecule has 1 aliphatic heterocycles. The van der Waals surface area contributed by atoms with Crippen molar-refractivity contribution >= 4 is 17.5 Å². The summed E-state index contributed by atoms with van der Waals surface area (Å²) >= 11 is 0. The quantitative estimate of drug-likeness (QED) is 0.428. The van der Waals surface area contributed by atoms with Gasteiger partial charge in [0.25, 0.3) is 5.91 Å². The number of pyridine rings is 1. The zero-order valence-corrected chi connectivity index (χ0v) is 21.6. The van der Waals surface area contributed by atoms with Crippen LogP contribution in [0.3, 0.4) is 0 Å². The largest absolute Gasteiger partial charge is 0.457 e. The molecule has 2 N–H and O–H groups in total. The van der Waals surface area contributed by atoms with Gasteiger partial charge < -0.3 is 15.4 Å². The lowest BCUT2D eigenvalue weighted by atomic mass is 9.68. The molecule has 2 heterocycles. The summed E-state index contributed by atoms with van der Waals surface area (Å²) in [5, 5.41) is 6.36. The van der Waals surface area contributed by atoms with Gasteiger partial charge in [0.15, 0.2) is 5.78 Å². The molecule has 2 aliphatic rings. The number of rotatable bonds is 5. The number of carbonyl (C=O) groups excluding carboxylic acids is 2. The highest BCUT2D eigenvalue weighted by molar-refractivity contribution is 6.09. The molecule has 1 aliphatic carbocycles. The van der Waals surface area contributed by atoms with Gasteiger partial charge in [-0.3, -0.25) is 9.59 Å². The van der Waals surface area contributed by atoms with Crippen LogP contribution >= 0.6 is 0 Å². The van der Waals surface area contributed by atoms with E-state index in [0.29, 0.717) is 29.1 Å². The zero-order valence-electron chi connectivity index (χ0n) is 21.6. The second-order valence-electron chi connectivity index (χ2n) is 10.5. The summed E-state index contributed by atoms with van der Waals surface area (Å²) in [5.41, 5.74) is 4.27. The smallest absolute Gasteiger partial charge is 0.255 e. The van der Waals surface area contributed by atoms with E-state index >= 15 is 0 Å². The number of aryl methyl sites for hydroxylation is 1. The van der Waals surface area contributed by atoms with Crippen molar-refractivity contribution in [2.45, 2.75) is 46.5 Å². The standard InChI is InChI=1S/C31H31N3O3/c1-19-10-8-15-26(32-19)34-30(36)27-20(2)33-24-17-31(3,4)18-25(35)29(24)28(27)21-11-9-14-23(16-21)37-22-12-6-5-7-13-22/h5-16,28,33H,17-18H2,1-4H3,(H,32,34,36). The van der Waals surface area contributed by atoms with Crippen molar-refractivity contribution in [1.29, 1.82) is 0 Å². The lowest BCUT2D eigenvalue weighted by Gasteiger charge is -2.39. The van der Waals surface area contributed by atoms with Crippen molar-refractivity contribution < 1.29 is 14.3 Å². The minimum Gasteiger partial charge on any atom is -0.457 e. The Morgan fingerprint density at radius 1 is 0.973 bits per heavy atom. The number of aromatic nitrogens is 1. The fraction of sp³-hybridized carbons (Fsp3) is 0.258. The molecule has 0 fully saturated rings. The molecule has 6 nitrogen and oxygen atoms in total. The van der Waals surface area contributed by atoms with E-state index in [0.717, 1.165) is 34.8 Å². The minimum atomic E-state index is -0.524. The highest BCUT2D eigenvalue weighted by Crippen LogP contribution is 2.47. The summed E-state index contributed by atoms with van der Waals surface area (Å²) in [6.07, 6.45) is 1.16. The van der Waals surface area contributed by atoms with Crippen molar-refractivity contribution in [3.05, 3.63) is 107 Å². The highest BCUT2D eigenvalue weighted by Gasteiger charge is 2.42. The van der Waals surface area contributed by atoms with Crippen LogP contribution in [0.5, 0.6) is 11.5 Å². The second kappa shape index (κ2) is 9.69. The predicted molar refractivity (Wildman–Crippen MR) is 144 cm³/mol. The number of Topliss-reactive ketones (excluding diaryl/α,β-unsaturated/α-hetero) is 1. The first kappa shape index (κ1) is 24.5. The van der Waals surface area contributed by atoms with Crippen LogP contribution in [0.1, 0.15) is 50.8 Å². The average molecular weight is 494 g/mol. The number of nitrogens with one attached hydrogen (secondary N) is 2. The molecule has 1 unspecified atom stereocenters. The number of amides is 1. The molecule has 1 aromatic heterocycles. The Morgan fingerprint density at radius 2 is 1.70 bits per heavy atom. The maximum Gasteiger partial charge on any atom is 0.255 e. The minimum absolute atomic E-state index is 0.0598. The van der Waals surface area contributed by atoms with Crippen molar-refractivity contribution in [3.63, 3.8) is 0 Å². The van der Waals surface area contributed by atoms with Gasteiger partial charge in [-0.15, -0.1) is 0 Å². The lowest BCUT2D eigenvalue weighted by Crippen LogP contribution is -2.39. The summed E-state index contributed by atoms with van der Waals surface area (Å²) in [6, 6.07) is 22.7. The van der Waals surface area contributed by atoms with Gasteiger partial charge in [-0.25, -0.2) is 4.98 Å². The Kier molecular flexibility index (Phi) is 6.42. The van der Waals surface area contributed by atoms with E-state index in [-0.39, 0.29) is 17.1 Å². The number of allylic oxidation sites excluding steroid dienone is 3. The van der Waals surface area contributed by atoms with Gasteiger partial charge in [0.1, 0.15) is 17.3 Å². The molecular formula is C31H31N3O3. The Balaban J connectivity index is 1.58. The van der Waals surface area contributed by atoms with Crippen molar-refractivity contribution in [2.75, 3.05) is 5.32 Å². The molecule has 1 atom stereocenters. The molecular weight excluding hydrogens is 462 g/mol. The number of hydrogen-bond acceptors (Lipinski definition) is 5. The second-order valence-corrected chi connectivity index (χ2v) is 10.5. The van der Waals surface area contributed by atoms with Crippen LogP contribution < -0.4 is 15.4 Å². The predicted octanol–water partition coefficient (Wildman–Crippen LogP) is 6.43. The molecule has 0 radical (unpaired) electrons. The number of dihydropyridines is 1. The normalized spacial score (nSPS) is 18.7. The molecule has 0 spiro atoms. The van der Waals surface area contributed by atoms with E-state index < -0.39 is 5.92 Å².